The highest BCUT2D eigenvalue weighted by molar-refractivity contribution is 7.90. The van der Waals surface area contributed by atoms with Gasteiger partial charge in [-0.2, -0.15) is 0 Å². The highest BCUT2D eigenvalue weighted by Crippen LogP contribution is 2.54. The van der Waals surface area contributed by atoms with Crippen molar-refractivity contribution in [3.63, 3.8) is 0 Å². The summed E-state index contributed by atoms with van der Waals surface area (Å²) in [5.74, 6) is -0.113. The predicted octanol–water partition coefficient (Wildman–Crippen LogP) is 13.8. The number of halogens is 4. The molecule has 2 aliphatic heterocycles. The van der Waals surface area contributed by atoms with Crippen LogP contribution in [0.4, 0.5) is 0 Å². The standard InChI is InChI=1S/2C29H36Cl2N2O3S/c2*1-5-16-29(4)18-25(21-8-7-9-23(31)17-21)27(20-10-12-22(30)13-11-20)33(28(29)34)26(6-2)19(3)32-37(35,36)24-14-15-24/h2*5,7-13,17,19,24-27,32H,1,6,14-16,18H2,2-4H3/t19-,25+,26?,27+,29-;19-,25-,26?,27-,29+/m01/s1. The molecule has 4 aromatic carbocycles. The van der Waals surface area contributed by atoms with E-state index in [-0.39, 0.29) is 58.3 Å². The summed E-state index contributed by atoms with van der Waals surface area (Å²) in [4.78, 5) is 32.7. The highest BCUT2D eigenvalue weighted by Gasteiger charge is 2.54. The van der Waals surface area contributed by atoms with E-state index in [0.717, 1.165) is 22.3 Å². The number of hydrogen-bond acceptors (Lipinski definition) is 6. The van der Waals surface area contributed by atoms with E-state index >= 15 is 0 Å². The second-order valence-electron chi connectivity index (χ2n) is 21.5. The molecule has 0 radical (unpaired) electrons. The molecule has 2 saturated heterocycles. The van der Waals surface area contributed by atoms with Crippen LogP contribution < -0.4 is 9.44 Å². The summed E-state index contributed by atoms with van der Waals surface area (Å²) in [5.41, 5.74) is 2.61. The van der Waals surface area contributed by atoms with Crippen molar-refractivity contribution < 1.29 is 26.4 Å². The van der Waals surface area contributed by atoms with Crippen molar-refractivity contribution in [2.45, 2.75) is 164 Å². The van der Waals surface area contributed by atoms with E-state index in [2.05, 4.69) is 34.7 Å². The van der Waals surface area contributed by atoms with Crippen LogP contribution in [0.5, 0.6) is 0 Å². The van der Waals surface area contributed by atoms with Gasteiger partial charge in [-0.15, -0.1) is 13.2 Å². The molecule has 2 amide bonds. The van der Waals surface area contributed by atoms with Gasteiger partial charge in [-0.1, -0.05) is 135 Å². The van der Waals surface area contributed by atoms with Crippen molar-refractivity contribution in [1.29, 1.82) is 0 Å². The lowest BCUT2D eigenvalue weighted by molar-refractivity contribution is -0.156. The largest absolute Gasteiger partial charge is 0.330 e. The summed E-state index contributed by atoms with van der Waals surface area (Å²) in [7, 11) is -6.87. The van der Waals surface area contributed by atoms with Gasteiger partial charge in [0.05, 0.1) is 33.4 Å². The zero-order chi connectivity index (χ0) is 53.9. The summed E-state index contributed by atoms with van der Waals surface area (Å²) in [6.45, 7) is 19.6. The first-order valence-corrected chi connectivity index (χ1v) is 30.5. The Morgan fingerprint density at radius 3 is 1.19 bits per heavy atom. The molecule has 2 saturated carbocycles. The number of likely N-dealkylation sites (tertiary alicyclic amines) is 2. The van der Waals surface area contributed by atoms with Gasteiger partial charge in [0.15, 0.2) is 0 Å². The van der Waals surface area contributed by atoms with Gasteiger partial charge in [0.2, 0.25) is 31.9 Å². The van der Waals surface area contributed by atoms with Crippen molar-refractivity contribution in [3.05, 3.63) is 165 Å². The first-order chi connectivity index (χ1) is 35.0. The summed E-state index contributed by atoms with van der Waals surface area (Å²) in [5, 5.41) is 1.85. The lowest BCUT2D eigenvalue weighted by Gasteiger charge is -2.53. The van der Waals surface area contributed by atoms with Gasteiger partial charge in [0.25, 0.3) is 0 Å². The predicted molar refractivity (Wildman–Crippen MR) is 303 cm³/mol. The van der Waals surface area contributed by atoms with Gasteiger partial charge in [0, 0.05) is 56.1 Å². The van der Waals surface area contributed by atoms with Crippen LogP contribution in [-0.4, -0.2) is 73.1 Å². The topological polar surface area (TPSA) is 133 Å². The Labute approximate surface area is 460 Å². The second kappa shape index (κ2) is 23.9. The van der Waals surface area contributed by atoms with Crippen LogP contribution in [0.2, 0.25) is 20.1 Å². The number of amides is 2. The molecule has 10 nitrogen and oxygen atoms in total. The Kier molecular flexibility index (Phi) is 18.7. The van der Waals surface area contributed by atoms with E-state index in [0.29, 0.717) is 84.3 Å². The number of carbonyl (C=O) groups is 2. The quantitative estimate of drug-likeness (QED) is 0.0847. The number of carbonyl (C=O) groups excluding carboxylic acids is 2. The molecule has 4 fully saturated rings. The summed E-state index contributed by atoms with van der Waals surface area (Å²) < 4.78 is 57.3. The Balaban J connectivity index is 0.000000216. The zero-order valence-corrected chi connectivity index (χ0v) is 48.0. The van der Waals surface area contributed by atoms with Crippen molar-refractivity contribution in [1.82, 2.24) is 19.2 Å². The Morgan fingerprint density at radius 1 is 0.568 bits per heavy atom. The van der Waals surface area contributed by atoms with Crippen LogP contribution in [0.15, 0.2) is 122 Å². The van der Waals surface area contributed by atoms with Gasteiger partial charge < -0.3 is 9.80 Å². The number of piperidine rings is 2. The molecule has 4 aliphatic rings. The Hall–Kier alpha value is -3.72. The first-order valence-electron chi connectivity index (χ1n) is 25.9. The van der Waals surface area contributed by atoms with Crippen LogP contribution in [0.25, 0.3) is 0 Å². The average molecular weight is 1130 g/mol. The molecule has 2 N–H and O–H groups in total. The van der Waals surface area contributed by atoms with Gasteiger partial charge >= 0.3 is 0 Å². The number of rotatable bonds is 20. The number of sulfonamides is 2. The third-order valence-electron chi connectivity index (χ3n) is 15.7. The van der Waals surface area contributed by atoms with Crippen LogP contribution in [0.3, 0.4) is 0 Å². The fourth-order valence-corrected chi connectivity index (χ4v) is 15.6. The lowest BCUT2D eigenvalue weighted by atomic mass is 9.67. The fraction of sp³-hybridized carbons (Fsp3) is 0.483. The molecule has 400 valence electrons. The van der Waals surface area contributed by atoms with Gasteiger partial charge in [-0.3, -0.25) is 9.59 Å². The SMILES string of the molecule is C=CC[C@@]1(C)C[C@H](c2cccc(Cl)c2)[C@@H](c2ccc(Cl)cc2)N(C(CC)[C@@H](C)NS(=O)(=O)C2CC2)C1=O.C=CC[C@@]1(C)C[C@H](c2cccc(Cl)c2)[C@@H](c2ccc(Cl)cc2)N(C(CC)[C@H](C)NS(=O)(=O)C2CC2)C1=O. The molecule has 2 heterocycles. The molecule has 8 rings (SSSR count). The van der Waals surface area contributed by atoms with E-state index in [1.807, 2.05) is 136 Å². The van der Waals surface area contributed by atoms with Gasteiger partial charge in [0.1, 0.15) is 0 Å². The second-order valence-corrected chi connectivity index (χ2v) is 27.2. The summed E-state index contributed by atoms with van der Waals surface area (Å²) in [6, 6.07) is 28.6. The summed E-state index contributed by atoms with van der Waals surface area (Å²) in [6.07, 6.45) is 9.78. The minimum absolute atomic E-state index is 0.00921. The molecule has 4 aromatic rings. The monoisotopic (exact) mass is 1120 g/mol. The normalized spacial score (nSPS) is 26.1. The van der Waals surface area contributed by atoms with E-state index in [4.69, 9.17) is 46.4 Å². The molecule has 16 heteroatoms. The van der Waals surface area contributed by atoms with Crippen LogP contribution in [0.1, 0.15) is 152 Å². The van der Waals surface area contributed by atoms with Crippen LogP contribution in [-0.2, 0) is 29.6 Å². The molecular formula is C58H72Cl4N4O6S2. The van der Waals surface area contributed by atoms with E-state index in [1.54, 1.807) is 12.2 Å². The number of nitrogens with one attached hydrogen (secondary N) is 2. The highest BCUT2D eigenvalue weighted by atomic mass is 35.5. The molecule has 0 aromatic heterocycles. The number of hydrogen-bond donors (Lipinski definition) is 2. The number of nitrogens with zero attached hydrogens (tertiary/aromatic N) is 2. The third-order valence-corrected chi connectivity index (χ3v) is 20.8. The number of benzene rings is 4. The van der Waals surface area contributed by atoms with Gasteiger partial charge in [-0.05, 0) is 149 Å². The maximum absolute atomic E-state index is 14.4. The third kappa shape index (κ3) is 13.0. The van der Waals surface area contributed by atoms with Crippen molar-refractivity contribution in [2.75, 3.05) is 0 Å². The van der Waals surface area contributed by atoms with Crippen molar-refractivity contribution >= 4 is 78.3 Å². The lowest BCUT2D eigenvalue weighted by Crippen LogP contribution is -2.60. The van der Waals surface area contributed by atoms with Crippen molar-refractivity contribution in [2.24, 2.45) is 10.8 Å². The maximum Gasteiger partial charge on any atom is 0.229 e. The molecule has 0 bridgehead atoms. The van der Waals surface area contributed by atoms with E-state index in [1.165, 1.54) is 0 Å². The zero-order valence-electron chi connectivity index (χ0n) is 43.3. The fourth-order valence-electron chi connectivity index (χ4n) is 11.7. The molecule has 2 unspecified atom stereocenters. The van der Waals surface area contributed by atoms with E-state index in [9.17, 15) is 26.4 Å². The van der Waals surface area contributed by atoms with Crippen LogP contribution >= 0.6 is 46.4 Å². The minimum atomic E-state index is -3.43. The van der Waals surface area contributed by atoms with E-state index < -0.39 is 43.0 Å². The number of allylic oxidation sites excluding steroid dienone is 2. The molecule has 10 atom stereocenters. The molecule has 0 spiro atoms. The first kappa shape index (κ1) is 58.0. The Morgan fingerprint density at radius 2 is 0.905 bits per heavy atom. The van der Waals surface area contributed by atoms with Crippen molar-refractivity contribution in [3.8, 4) is 0 Å². The van der Waals surface area contributed by atoms with Gasteiger partial charge in [-0.25, -0.2) is 26.3 Å². The average Bonchev–Trinajstić information content (AvgIpc) is 4.27. The summed E-state index contributed by atoms with van der Waals surface area (Å²) >= 11 is 25.3. The Bertz CT molecular complexity index is 2690. The molecular weight excluding hydrogens is 1050 g/mol. The minimum Gasteiger partial charge on any atom is -0.330 e. The van der Waals surface area contributed by atoms with Crippen LogP contribution in [0, 0.1) is 10.8 Å². The maximum atomic E-state index is 14.4. The molecule has 2 aliphatic carbocycles. The smallest absolute Gasteiger partial charge is 0.229 e. The molecule has 74 heavy (non-hydrogen) atoms.